The lowest BCUT2D eigenvalue weighted by Crippen LogP contribution is -2.48. The minimum absolute atomic E-state index is 0.109. The lowest BCUT2D eigenvalue weighted by atomic mass is 9.86. The number of carbonyl (C=O) groups is 1. The van der Waals surface area contributed by atoms with Crippen LogP contribution in [-0.4, -0.2) is 25.7 Å². The number of methoxy groups -OCH3 is 1. The molecule has 0 saturated heterocycles. The average molecular weight is 201 g/mol. The van der Waals surface area contributed by atoms with Crippen molar-refractivity contribution in [1.29, 1.82) is 0 Å². The lowest BCUT2D eigenvalue weighted by Gasteiger charge is -2.29. The van der Waals surface area contributed by atoms with Crippen LogP contribution < -0.4 is 5.32 Å². The minimum atomic E-state index is -0.227. The molecule has 0 unspecified atom stereocenters. The maximum Gasteiger partial charge on any atom is 0.323 e. The molecule has 0 aromatic carbocycles. The third-order valence-electron chi connectivity index (χ3n) is 2.03. The summed E-state index contributed by atoms with van der Waals surface area (Å²) in [6, 6.07) is -0.227. The van der Waals surface area contributed by atoms with Crippen molar-refractivity contribution in [3.05, 3.63) is 0 Å². The fourth-order valence-corrected chi connectivity index (χ4v) is 1.21. The van der Waals surface area contributed by atoms with E-state index in [0.717, 1.165) is 6.54 Å². The molecule has 0 fully saturated rings. The van der Waals surface area contributed by atoms with Gasteiger partial charge in [0.2, 0.25) is 0 Å². The molecule has 0 radical (unpaired) electrons. The third kappa shape index (κ3) is 4.61. The number of carbonyl (C=O) groups excluding carboxylic acids is 1. The van der Waals surface area contributed by atoms with Gasteiger partial charge in [0.1, 0.15) is 6.04 Å². The van der Waals surface area contributed by atoms with Gasteiger partial charge in [0.05, 0.1) is 7.11 Å². The highest BCUT2D eigenvalue weighted by atomic mass is 16.5. The van der Waals surface area contributed by atoms with E-state index in [1.165, 1.54) is 7.11 Å². The van der Waals surface area contributed by atoms with Gasteiger partial charge >= 0.3 is 5.97 Å². The van der Waals surface area contributed by atoms with E-state index in [0.29, 0.717) is 5.92 Å². The first kappa shape index (κ1) is 13.4. The second-order valence-electron chi connectivity index (χ2n) is 5.12. The zero-order valence-corrected chi connectivity index (χ0v) is 10.2. The Morgan fingerprint density at radius 2 is 1.86 bits per heavy atom. The Hall–Kier alpha value is -0.570. The molecule has 0 aromatic rings. The second-order valence-corrected chi connectivity index (χ2v) is 5.12. The smallest absolute Gasteiger partial charge is 0.323 e. The van der Waals surface area contributed by atoms with E-state index in [1.807, 2.05) is 20.8 Å². The van der Waals surface area contributed by atoms with Gasteiger partial charge in [-0.3, -0.25) is 4.79 Å². The van der Waals surface area contributed by atoms with Gasteiger partial charge in [-0.1, -0.05) is 34.6 Å². The van der Waals surface area contributed by atoms with Crippen molar-refractivity contribution in [2.45, 2.75) is 40.7 Å². The molecule has 0 saturated carbocycles. The quantitative estimate of drug-likeness (QED) is 0.705. The Morgan fingerprint density at radius 1 is 1.36 bits per heavy atom. The van der Waals surface area contributed by atoms with Crippen LogP contribution in [-0.2, 0) is 9.53 Å². The topological polar surface area (TPSA) is 38.3 Å². The van der Waals surface area contributed by atoms with Gasteiger partial charge in [-0.25, -0.2) is 0 Å². The molecule has 0 aromatic heterocycles. The zero-order valence-electron chi connectivity index (χ0n) is 10.2. The van der Waals surface area contributed by atoms with E-state index < -0.39 is 0 Å². The zero-order chi connectivity index (χ0) is 11.4. The van der Waals surface area contributed by atoms with Crippen LogP contribution in [0.15, 0.2) is 0 Å². The van der Waals surface area contributed by atoms with E-state index in [1.54, 1.807) is 0 Å². The number of hydrogen-bond acceptors (Lipinski definition) is 3. The van der Waals surface area contributed by atoms with E-state index in [4.69, 9.17) is 4.74 Å². The number of nitrogens with one attached hydrogen (secondary N) is 1. The Kier molecular flexibility index (Phi) is 5.13. The van der Waals surface area contributed by atoms with Crippen molar-refractivity contribution < 1.29 is 9.53 Å². The Bertz CT molecular complexity index is 182. The maximum atomic E-state index is 11.5. The van der Waals surface area contributed by atoms with Crippen molar-refractivity contribution in [1.82, 2.24) is 5.32 Å². The Morgan fingerprint density at radius 3 is 2.14 bits per heavy atom. The highest BCUT2D eigenvalue weighted by Gasteiger charge is 2.31. The van der Waals surface area contributed by atoms with Crippen LogP contribution in [0.4, 0.5) is 0 Å². The van der Waals surface area contributed by atoms with Crippen molar-refractivity contribution in [2.24, 2.45) is 11.3 Å². The molecule has 1 atom stereocenters. The molecule has 0 aliphatic carbocycles. The fraction of sp³-hybridized carbons (Fsp3) is 0.909. The van der Waals surface area contributed by atoms with Gasteiger partial charge < -0.3 is 10.1 Å². The van der Waals surface area contributed by atoms with E-state index >= 15 is 0 Å². The first-order chi connectivity index (χ1) is 6.29. The molecule has 14 heavy (non-hydrogen) atoms. The predicted molar refractivity (Wildman–Crippen MR) is 58.1 cm³/mol. The fourth-order valence-electron chi connectivity index (χ4n) is 1.21. The van der Waals surface area contributed by atoms with Crippen molar-refractivity contribution in [3.8, 4) is 0 Å². The molecule has 0 heterocycles. The number of esters is 1. The summed E-state index contributed by atoms with van der Waals surface area (Å²) < 4.78 is 4.77. The summed E-state index contributed by atoms with van der Waals surface area (Å²) in [6.07, 6.45) is 0. The molecule has 0 bridgehead atoms. The molecule has 3 nitrogen and oxygen atoms in total. The average Bonchev–Trinajstić information content (AvgIpc) is 2.01. The maximum absolute atomic E-state index is 11.5. The Labute approximate surface area is 87.2 Å². The molecule has 0 aliphatic heterocycles. The highest BCUT2D eigenvalue weighted by molar-refractivity contribution is 5.76. The van der Waals surface area contributed by atoms with Gasteiger partial charge in [0.25, 0.3) is 0 Å². The molecule has 0 amide bonds. The molecule has 1 N–H and O–H groups in total. The van der Waals surface area contributed by atoms with Crippen LogP contribution >= 0.6 is 0 Å². The molecular formula is C11H23NO2. The molecular weight excluding hydrogens is 178 g/mol. The van der Waals surface area contributed by atoms with Crippen LogP contribution in [0.2, 0.25) is 0 Å². The van der Waals surface area contributed by atoms with Crippen LogP contribution in [0.3, 0.4) is 0 Å². The second kappa shape index (κ2) is 5.35. The van der Waals surface area contributed by atoms with E-state index in [9.17, 15) is 4.79 Å². The largest absolute Gasteiger partial charge is 0.468 e. The SMILES string of the molecule is COC(=O)[C@@H](NCC(C)C)C(C)(C)C. The number of ether oxygens (including phenoxy) is 1. The number of hydrogen-bond donors (Lipinski definition) is 1. The van der Waals surface area contributed by atoms with Crippen molar-refractivity contribution >= 4 is 5.97 Å². The van der Waals surface area contributed by atoms with Gasteiger partial charge in [0.15, 0.2) is 0 Å². The standard InChI is InChI=1S/C11H23NO2/c1-8(2)7-12-9(10(13)14-6)11(3,4)5/h8-9,12H,7H2,1-6H3/t9-/m1/s1. The lowest BCUT2D eigenvalue weighted by molar-refractivity contribution is -0.146. The summed E-state index contributed by atoms with van der Waals surface area (Å²) in [5.41, 5.74) is -0.109. The summed E-state index contributed by atoms with van der Waals surface area (Å²) >= 11 is 0. The van der Waals surface area contributed by atoms with Gasteiger partial charge in [0, 0.05) is 0 Å². The molecule has 3 heteroatoms. The molecule has 84 valence electrons. The van der Waals surface area contributed by atoms with E-state index in [2.05, 4.69) is 19.2 Å². The summed E-state index contributed by atoms with van der Waals surface area (Å²) in [7, 11) is 1.43. The van der Waals surface area contributed by atoms with Crippen molar-refractivity contribution in [2.75, 3.05) is 13.7 Å². The van der Waals surface area contributed by atoms with Gasteiger partial charge in [-0.15, -0.1) is 0 Å². The van der Waals surface area contributed by atoms with Crippen LogP contribution in [0, 0.1) is 11.3 Å². The number of rotatable bonds is 4. The third-order valence-corrected chi connectivity index (χ3v) is 2.03. The summed E-state index contributed by atoms with van der Waals surface area (Å²) in [6.45, 7) is 11.1. The monoisotopic (exact) mass is 201 g/mol. The van der Waals surface area contributed by atoms with Gasteiger partial charge in [-0.05, 0) is 17.9 Å². The van der Waals surface area contributed by atoms with Crippen LogP contribution in [0.1, 0.15) is 34.6 Å². The first-order valence-electron chi connectivity index (χ1n) is 5.10. The summed E-state index contributed by atoms with van der Waals surface area (Å²) in [4.78, 5) is 11.5. The first-order valence-corrected chi connectivity index (χ1v) is 5.10. The van der Waals surface area contributed by atoms with Crippen LogP contribution in [0.25, 0.3) is 0 Å². The van der Waals surface area contributed by atoms with Crippen molar-refractivity contribution in [3.63, 3.8) is 0 Å². The van der Waals surface area contributed by atoms with Gasteiger partial charge in [-0.2, -0.15) is 0 Å². The van der Waals surface area contributed by atoms with Crippen LogP contribution in [0.5, 0.6) is 0 Å². The summed E-state index contributed by atoms with van der Waals surface area (Å²) in [5, 5.41) is 3.24. The summed E-state index contributed by atoms with van der Waals surface area (Å²) in [5.74, 6) is 0.350. The Balaban J connectivity index is 4.34. The molecule has 0 aliphatic rings. The molecule has 0 rings (SSSR count). The molecule has 0 spiro atoms. The predicted octanol–water partition coefficient (Wildman–Crippen LogP) is 1.82. The van der Waals surface area contributed by atoms with E-state index in [-0.39, 0.29) is 17.4 Å². The normalized spacial score (nSPS) is 14.2. The minimum Gasteiger partial charge on any atom is -0.468 e. The highest BCUT2D eigenvalue weighted by Crippen LogP contribution is 2.20.